The largest absolute Gasteiger partial charge is 0.454 e. The van der Waals surface area contributed by atoms with Crippen molar-refractivity contribution in [2.45, 2.75) is 0 Å². The van der Waals surface area contributed by atoms with Gasteiger partial charge >= 0.3 is 0 Å². The number of nitrogens with zero attached hydrogens (tertiary/aromatic N) is 4. The highest BCUT2D eigenvalue weighted by Crippen LogP contribution is 2.40. The average molecular weight is 449 g/mol. The lowest BCUT2D eigenvalue weighted by atomic mass is 10.1. The van der Waals surface area contributed by atoms with Crippen LogP contribution in [0.4, 0.5) is 10.8 Å². The summed E-state index contributed by atoms with van der Waals surface area (Å²) in [7, 11) is 7.94. The molecule has 0 saturated carbocycles. The second-order valence-corrected chi connectivity index (χ2v) is 8.38. The van der Waals surface area contributed by atoms with Gasteiger partial charge in [-0.25, -0.2) is 4.98 Å². The summed E-state index contributed by atoms with van der Waals surface area (Å²) in [4.78, 5) is 23.9. The summed E-state index contributed by atoms with van der Waals surface area (Å²) < 4.78 is 11.9. The third-order valence-corrected chi connectivity index (χ3v) is 5.79. The first-order chi connectivity index (χ1) is 13.9. The predicted octanol–water partition coefficient (Wildman–Crippen LogP) is 3.72. The highest BCUT2D eigenvalue weighted by Gasteiger charge is 2.23. The summed E-state index contributed by atoms with van der Waals surface area (Å²) in [6.45, 7) is 1.52. The van der Waals surface area contributed by atoms with Gasteiger partial charge in [0.25, 0.3) is 5.91 Å². The van der Waals surface area contributed by atoms with E-state index in [1.165, 1.54) is 11.3 Å². The van der Waals surface area contributed by atoms with Crippen molar-refractivity contribution in [1.29, 1.82) is 0 Å². The van der Waals surface area contributed by atoms with Crippen LogP contribution in [0.25, 0.3) is 10.2 Å². The second-order valence-electron chi connectivity index (χ2n) is 7.37. The maximum absolute atomic E-state index is 13.3. The standard InChI is InChI=1S/C21H24N4O3S.ClH/c1-23(2)9-10-25(20(26)14-5-7-15(8-6-14)24(3)4)21-22-16-11-17-18(28-13-27-17)12-19(16)29-21;/h5-8,11-12H,9-10,13H2,1-4H3;1H. The van der Waals surface area contributed by atoms with Crippen molar-refractivity contribution in [1.82, 2.24) is 9.88 Å². The molecule has 1 amide bonds. The molecule has 0 radical (unpaired) electrons. The molecule has 4 rings (SSSR count). The average Bonchev–Trinajstić information content (AvgIpc) is 3.31. The Balaban J connectivity index is 0.00000256. The van der Waals surface area contributed by atoms with Crippen molar-refractivity contribution in [2.75, 3.05) is 57.9 Å². The summed E-state index contributed by atoms with van der Waals surface area (Å²) in [6.07, 6.45) is 0. The minimum Gasteiger partial charge on any atom is -0.454 e. The van der Waals surface area contributed by atoms with Crippen LogP contribution in [0.3, 0.4) is 0 Å². The number of amides is 1. The van der Waals surface area contributed by atoms with Gasteiger partial charge in [0.2, 0.25) is 6.79 Å². The van der Waals surface area contributed by atoms with Gasteiger partial charge in [-0.15, -0.1) is 12.4 Å². The molecule has 0 saturated heterocycles. The van der Waals surface area contributed by atoms with E-state index < -0.39 is 0 Å². The molecule has 9 heteroatoms. The van der Waals surface area contributed by atoms with E-state index in [2.05, 4.69) is 4.90 Å². The fourth-order valence-corrected chi connectivity index (χ4v) is 4.06. The van der Waals surface area contributed by atoms with Crippen LogP contribution >= 0.6 is 23.7 Å². The van der Waals surface area contributed by atoms with E-state index in [9.17, 15) is 4.79 Å². The molecule has 0 unspecified atom stereocenters. The topological polar surface area (TPSA) is 58.1 Å². The summed E-state index contributed by atoms with van der Waals surface area (Å²) in [6, 6.07) is 11.4. The maximum Gasteiger partial charge on any atom is 0.260 e. The van der Waals surface area contributed by atoms with Gasteiger partial charge < -0.3 is 19.3 Å². The van der Waals surface area contributed by atoms with E-state index >= 15 is 0 Å². The molecule has 0 N–H and O–H groups in total. The predicted molar refractivity (Wildman–Crippen MR) is 124 cm³/mol. The zero-order valence-electron chi connectivity index (χ0n) is 17.4. The summed E-state index contributed by atoms with van der Waals surface area (Å²) in [5, 5.41) is 0.673. The molecule has 0 bridgehead atoms. The van der Waals surface area contributed by atoms with Gasteiger partial charge in [-0.3, -0.25) is 9.69 Å². The van der Waals surface area contributed by atoms with Gasteiger partial charge in [0.15, 0.2) is 16.6 Å². The summed E-state index contributed by atoms with van der Waals surface area (Å²) in [5.74, 6) is 1.36. The molecule has 30 heavy (non-hydrogen) atoms. The summed E-state index contributed by atoms with van der Waals surface area (Å²) >= 11 is 1.49. The van der Waals surface area contributed by atoms with Crippen LogP contribution in [-0.2, 0) is 0 Å². The molecular weight excluding hydrogens is 424 g/mol. The molecule has 2 heterocycles. The molecule has 0 spiro atoms. The Kier molecular flexibility index (Phi) is 6.70. The van der Waals surface area contributed by atoms with Crippen molar-refractivity contribution >= 4 is 50.7 Å². The van der Waals surface area contributed by atoms with Gasteiger partial charge in [0.05, 0.1) is 10.2 Å². The number of carbonyl (C=O) groups is 1. The van der Waals surface area contributed by atoms with Gasteiger partial charge in [-0.1, -0.05) is 11.3 Å². The van der Waals surface area contributed by atoms with E-state index in [1.807, 2.05) is 69.5 Å². The minimum absolute atomic E-state index is 0. The lowest BCUT2D eigenvalue weighted by molar-refractivity contribution is 0.0985. The number of thiazole rings is 1. The Morgan fingerprint density at radius 1 is 1.03 bits per heavy atom. The number of benzene rings is 2. The fraction of sp³-hybridized carbons (Fsp3) is 0.333. The fourth-order valence-electron chi connectivity index (χ4n) is 3.06. The van der Waals surface area contributed by atoms with E-state index in [4.69, 9.17) is 14.5 Å². The molecule has 160 valence electrons. The highest BCUT2D eigenvalue weighted by molar-refractivity contribution is 7.22. The molecule has 0 fully saturated rings. The monoisotopic (exact) mass is 448 g/mol. The van der Waals surface area contributed by atoms with E-state index in [1.54, 1.807) is 4.90 Å². The zero-order chi connectivity index (χ0) is 20.5. The second kappa shape index (κ2) is 9.07. The Labute approximate surface area is 186 Å². The quantitative estimate of drug-likeness (QED) is 0.572. The van der Waals surface area contributed by atoms with Crippen LogP contribution in [0.2, 0.25) is 0 Å². The van der Waals surface area contributed by atoms with Crippen molar-refractivity contribution in [2.24, 2.45) is 0 Å². The number of likely N-dealkylation sites (N-methyl/N-ethyl adjacent to an activating group) is 1. The third kappa shape index (κ3) is 4.45. The van der Waals surface area contributed by atoms with Crippen molar-refractivity contribution < 1.29 is 14.3 Å². The number of fused-ring (bicyclic) bond motifs is 2. The van der Waals surface area contributed by atoms with Gasteiger partial charge in [-0.05, 0) is 38.4 Å². The Morgan fingerprint density at radius 2 is 1.70 bits per heavy atom. The van der Waals surface area contributed by atoms with Crippen molar-refractivity contribution in [3.8, 4) is 11.5 Å². The third-order valence-electron chi connectivity index (χ3n) is 4.75. The van der Waals surface area contributed by atoms with E-state index in [-0.39, 0.29) is 25.1 Å². The Hall–Kier alpha value is -2.55. The van der Waals surface area contributed by atoms with Gasteiger partial charge in [0, 0.05) is 50.6 Å². The van der Waals surface area contributed by atoms with Crippen molar-refractivity contribution in [3.05, 3.63) is 42.0 Å². The maximum atomic E-state index is 13.3. The van der Waals surface area contributed by atoms with Crippen LogP contribution in [0.5, 0.6) is 11.5 Å². The summed E-state index contributed by atoms with van der Waals surface area (Å²) in [5.41, 5.74) is 2.50. The molecule has 7 nitrogen and oxygen atoms in total. The van der Waals surface area contributed by atoms with Crippen LogP contribution in [0.15, 0.2) is 36.4 Å². The normalized spacial score (nSPS) is 12.2. The minimum atomic E-state index is -0.0590. The van der Waals surface area contributed by atoms with Crippen molar-refractivity contribution in [3.63, 3.8) is 0 Å². The molecule has 0 aliphatic carbocycles. The smallest absolute Gasteiger partial charge is 0.260 e. The van der Waals surface area contributed by atoms with Crippen LogP contribution < -0.4 is 19.3 Å². The highest BCUT2D eigenvalue weighted by atomic mass is 35.5. The number of hydrogen-bond donors (Lipinski definition) is 0. The number of hydrogen-bond acceptors (Lipinski definition) is 7. The number of ether oxygens (including phenoxy) is 2. The number of rotatable bonds is 6. The molecule has 3 aromatic rings. The molecule has 2 aromatic carbocycles. The molecule has 1 aliphatic rings. The Morgan fingerprint density at radius 3 is 2.33 bits per heavy atom. The van der Waals surface area contributed by atoms with E-state index in [0.29, 0.717) is 23.0 Å². The van der Waals surface area contributed by atoms with Gasteiger partial charge in [0.1, 0.15) is 0 Å². The zero-order valence-corrected chi connectivity index (χ0v) is 19.0. The Bertz CT molecular complexity index is 996. The lowest BCUT2D eigenvalue weighted by Crippen LogP contribution is -2.36. The lowest BCUT2D eigenvalue weighted by Gasteiger charge is -2.22. The van der Waals surface area contributed by atoms with Crippen LogP contribution in [0, 0.1) is 0 Å². The number of carbonyl (C=O) groups excluding carboxylic acids is 1. The number of aromatic nitrogens is 1. The van der Waals surface area contributed by atoms with Crippen LogP contribution in [-0.4, -0.2) is 63.9 Å². The van der Waals surface area contributed by atoms with E-state index in [0.717, 1.165) is 28.2 Å². The first-order valence-electron chi connectivity index (χ1n) is 9.36. The molecule has 1 aliphatic heterocycles. The first-order valence-corrected chi connectivity index (χ1v) is 10.2. The van der Waals surface area contributed by atoms with Gasteiger partial charge in [-0.2, -0.15) is 0 Å². The number of halogens is 1. The molecule has 1 aromatic heterocycles. The van der Waals surface area contributed by atoms with Crippen LogP contribution in [0.1, 0.15) is 10.4 Å². The molecular formula is C21H25ClN4O3S. The molecule has 0 atom stereocenters. The first kappa shape index (κ1) is 22.1. The number of anilines is 2. The SMILES string of the molecule is CN(C)CCN(C(=O)c1ccc(N(C)C)cc1)c1nc2cc3c(cc2s1)OCO3.Cl.